The Hall–Kier alpha value is -1.55. The van der Waals surface area contributed by atoms with E-state index in [1.807, 2.05) is 0 Å². The molecule has 0 aromatic heterocycles. The zero-order valence-corrected chi connectivity index (χ0v) is 59.4. The third kappa shape index (κ3) is 37.7. The summed E-state index contributed by atoms with van der Waals surface area (Å²) in [6, 6.07) is 0. The Kier molecular flexibility index (Phi) is 46.9. The van der Waals surface area contributed by atoms with E-state index in [0.717, 1.165) is 83.5 Å². The fourth-order valence-corrected chi connectivity index (χ4v) is 15.1. The van der Waals surface area contributed by atoms with Gasteiger partial charge in [-0.05, 0) is 99.2 Å². The first-order valence-corrected chi connectivity index (χ1v) is 38.3. The van der Waals surface area contributed by atoms with Crippen LogP contribution in [-0.2, 0) is 47.9 Å². The van der Waals surface area contributed by atoms with Crippen molar-refractivity contribution in [2.45, 2.75) is 387 Å². The third-order valence-electron chi connectivity index (χ3n) is 19.3. The Balaban J connectivity index is 1.93. The molecule has 0 aliphatic carbocycles. The summed E-state index contributed by atoms with van der Waals surface area (Å²) < 4.78 is 67.5. The molecular formula is C72H138O17S. The number of carbonyl (C=O) groups excluding carboxylic acids is 2. The molecule has 0 radical (unpaired) electrons. The van der Waals surface area contributed by atoms with Crippen LogP contribution >= 0.6 is 0 Å². The number of carbonyl (C=O) groups is 2. The van der Waals surface area contributed by atoms with Crippen molar-refractivity contribution in [2.75, 3.05) is 13.2 Å². The fraction of sp³-hybridized carbons (Fsp3) is 0.972. The van der Waals surface area contributed by atoms with Gasteiger partial charge >= 0.3 is 22.3 Å². The number of hydrogen-bond donors (Lipinski definition) is 7. The van der Waals surface area contributed by atoms with E-state index >= 15 is 0 Å². The molecule has 0 aromatic rings. The van der Waals surface area contributed by atoms with Crippen LogP contribution in [0, 0.1) is 47.3 Å². The number of esters is 2. The van der Waals surface area contributed by atoms with E-state index in [0.29, 0.717) is 48.3 Å². The van der Waals surface area contributed by atoms with E-state index < -0.39 is 103 Å². The van der Waals surface area contributed by atoms with Gasteiger partial charge in [-0.1, -0.05) is 255 Å². The molecule has 2 fully saturated rings. The molecule has 0 bridgehead atoms. The maximum absolute atomic E-state index is 14.1. The minimum atomic E-state index is -5.32. The van der Waals surface area contributed by atoms with E-state index in [1.54, 1.807) is 6.92 Å². The van der Waals surface area contributed by atoms with Crippen molar-refractivity contribution < 1.29 is 81.1 Å². The average molecular weight is 1310 g/mol. The van der Waals surface area contributed by atoms with Crippen molar-refractivity contribution in [3.05, 3.63) is 0 Å². The van der Waals surface area contributed by atoms with Crippen LogP contribution in [0.15, 0.2) is 0 Å². The van der Waals surface area contributed by atoms with Crippen molar-refractivity contribution in [3.63, 3.8) is 0 Å². The van der Waals surface area contributed by atoms with Crippen LogP contribution in [0.2, 0.25) is 0 Å². The molecular weight excluding hydrogens is 1170 g/mol. The molecule has 17 nitrogen and oxygen atoms in total. The summed E-state index contributed by atoms with van der Waals surface area (Å²) in [5.74, 6) is 0.857. The zero-order valence-electron chi connectivity index (χ0n) is 58.6. The Labute approximate surface area is 548 Å². The second kappa shape index (κ2) is 49.9. The third-order valence-corrected chi connectivity index (χ3v) is 19.8. The molecule has 19 atom stereocenters. The first-order chi connectivity index (χ1) is 42.9. The summed E-state index contributed by atoms with van der Waals surface area (Å²) in [7, 11) is -5.32. The van der Waals surface area contributed by atoms with Crippen molar-refractivity contribution in [1.82, 2.24) is 0 Å². The lowest BCUT2D eigenvalue weighted by Gasteiger charge is -2.46. The molecule has 7 N–H and O–H groups in total. The van der Waals surface area contributed by atoms with Gasteiger partial charge in [0.05, 0.1) is 25.2 Å². The van der Waals surface area contributed by atoms with Gasteiger partial charge in [0.25, 0.3) is 0 Å². The molecule has 534 valence electrons. The van der Waals surface area contributed by atoms with E-state index in [2.05, 4.69) is 66.5 Å². The van der Waals surface area contributed by atoms with E-state index in [-0.39, 0.29) is 18.4 Å². The molecule has 0 amide bonds. The second-order valence-electron chi connectivity index (χ2n) is 29.1. The van der Waals surface area contributed by atoms with Crippen molar-refractivity contribution >= 4 is 22.3 Å². The largest absolute Gasteiger partial charge is 0.455 e. The minimum Gasteiger partial charge on any atom is -0.455 e. The van der Waals surface area contributed by atoms with E-state index in [4.69, 9.17) is 23.7 Å². The molecule has 2 rings (SSSR count). The van der Waals surface area contributed by atoms with Crippen LogP contribution in [0.1, 0.15) is 320 Å². The van der Waals surface area contributed by atoms with Gasteiger partial charge in [-0.2, -0.15) is 8.42 Å². The topological polar surface area (TPSA) is 265 Å². The van der Waals surface area contributed by atoms with Gasteiger partial charge in [0.2, 0.25) is 6.29 Å². The number of ether oxygens (including phenoxy) is 5. The first-order valence-electron chi connectivity index (χ1n) is 36.9. The van der Waals surface area contributed by atoms with E-state index in [1.165, 1.54) is 148 Å². The number of aliphatic hydroxyl groups excluding tert-OH is 6. The Morgan fingerprint density at radius 1 is 0.433 bits per heavy atom. The van der Waals surface area contributed by atoms with Crippen LogP contribution in [0.5, 0.6) is 0 Å². The monoisotopic (exact) mass is 1310 g/mol. The summed E-state index contributed by atoms with van der Waals surface area (Å²) in [5.41, 5.74) is 0. The molecule has 2 aliphatic rings. The summed E-state index contributed by atoms with van der Waals surface area (Å²) in [6.07, 6.45) is 26.3. The maximum atomic E-state index is 14.1. The van der Waals surface area contributed by atoms with Crippen LogP contribution in [0.3, 0.4) is 0 Å². The first kappa shape index (κ1) is 84.5. The summed E-state index contributed by atoms with van der Waals surface area (Å²) in [6.45, 7) is 20.5. The van der Waals surface area contributed by atoms with E-state index in [9.17, 15) is 53.2 Å². The predicted molar refractivity (Wildman–Crippen MR) is 358 cm³/mol. The normalized spacial score (nSPS) is 25.4. The molecule has 2 saturated heterocycles. The Bertz CT molecular complexity index is 1880. The maximum Gasteiger partial charge on any atom is 0.397 e. The van der Waals surface area contributed by atoms with Gasteiger partial charge < -0.3 is 54.3 Å². The van der Waals surface area contributed by atoms with Gasteiger partial charge in [-0.15, -0.1) is 0 Å². The molecule has 18 heteroatoms. The van der Waals surface area contributed by atoms with Gasteiger partial charge in [0.1, 0.15) is 30.5 Å². The molecule has 90 heavy (non-hydrogen) atoms. The summed E-state index contributed by atoms with van der Waals surface area (Å²) in [5, 5.41) is 64.5. The minimum absolute atomic E-state index is 0.0544. The number of aliphatic hydroxyl groups is 6. The Morgan fingerprint density at radius 3 is 1.17 bits per heavy atom. The van der Waals surface area contributed by atoms with Crippen molar-refractivity contribution in [2.24, 2.45) is 47.3 Å². The molecule has 0 aromatic carbocycles. The van der Waals surface area contributed by atoms with Crippen LogP contribution in [-0.4, -0.2) is 136 Å². The smallest absolute Gasteiger partial charge is 0.397 e. The molecule has 0 spiro atoms. The van der Waals surface area contributed by atoms with Gasteiger partial charge in [-0.3, -0.25) is 14.1 Å². The highest BCUT2D eigenvalue weighted by molar-refractivity contribution is 7.80. The lowest BCUT2D eigenvalue weighted by molar-refractivity contribution is -0.374. The standard InChI is InChI=1S/C72H138O17S/c1-11-13-15-17-19-21-23-25-27-29-31-33-35-37-39-41-60(75)58(9)48-56(7)46-54(5)44-52(3)43-53(4)45-55(6)47-57(8)49-59(10)70(80)87-67-65(78)62(51-74)85-72(88-71-68(89-90(81,82)83)66(79)64(77)61(50-73)84-71)69(67)86-63(76)42-40-38-36-34-32-30-28-26-24-22-20-18-16-14-12-2/h52-62,64-69,71-75,77-79H,11-51H2,1-10H3,(H,81,82,83)/t52-,53+,54-,55+,56-,57+,58-,59+,60?,61?,62?,64-,65-,66?,67?,68+,69-,71-,72-/m1/s1. The quantitative estimate of drug-likeness (QED) is 0.0169. The van der Waals surface area contributed by atoms with Crippen LogP contribution in [0.4, 0.5) is 0 Å². The van der Waals surface area contributed by atoms with Crippen molar-refractivity contribution in [3.8, 4) is 0 Å². The van der Waals surface area contributed by atoms with Crippen LogP contribution < -0.4 is 0 Å². The fourth-order valence-electron chi connectivity index (χ4n) is 14.6. The van der Waals surface area contributed by atoms with Gasteiger partial charge in [-0.25, -0.2) is 4.18 Å². The number of hydrogen-bond acceptors (Lipinski definition) is 16. The molecule has 2 aliphatic heterocycles. The number of rotatable bonds is 56. The van der Waals surface area contributed by atoms with Gasteiger partial charge in [0, 0.05) is 6.42 Å². The van der Waals surface area contributed by atoms with Crippen LogP contribution in [0.25, 0.3) is 0 Å². The highest BCUT2D eigenvalue weighted by Gasteiger charge is 2.55. The van der Waals surface area contributed by atoms with Gasteiger partial charge in [0.15, 0.2) is 24.6 Å². The molecule has 5 unspecified atom stereocenters. The predicted octanol–water partition coefficient (Wildman–Crippen LogP) is 15.2. The summed E-state index contributed by atoms with van der Waals surface area (Å²) in [4.78, 5) is 27.8. The lowest BCUT2D eigenvalue weighted by Crippen LogP contribution is -2.65. The highest BCUT2D eigenvalue weighted by atomic mass is 32.3. The van der Waals surface area contributed by atoms with Crippen molar-refractivity contribution in [1.29, 1.82) is 0 Å². The molecule has 0 saturated carbocycles. The lowest BCUT2D eigenvalue weighted by atomic mass is 9.80. The highest BCUT2D eigenvalue weighted by Crippen LogP contribution is 2.36. The SMILES string of the molecule is CCCCCCCCCCCCCCCCCC(=O)O[C@@H]1C(OC(=O)[C@@H](C)C[C@@H](C)C[C@@H](C)C[C@@H](C)C[C@@H](C)C[C@@H](C)C[C@@H](C)C[C@@H](C)C(O)CCCCCCCCCCCCCCCCC)[C@H](O)C(CO)O[C@@H]1O[C@H]1OC(CO)[C@@H](O)C(O)[C@@H]1OS(=O)(=O)O. The number of unbranched alkanes of at least 4 members (excludes halogenated alkanes) is 28. The zero-order chi connectivity index (χ0) is 66.9. The summed E-state index contributed by atoms with van der Waals surface area (Å²) >= 11 is 0. The second-order valence-corrected chi connectivity index (χ2v) is 30.1. The average Bonchev–Trinajstić information content (AvgIpc) is 0.800. The Morgan fingerprint density at radius 2 is 0.778 bits per heavy atom. The molecule has 2 heterocycles.